The molecule has 29 heavy (non-hydrogen) atoms. The molecule has 148 valence electrons. The summed E-state index contributed by atoms with van der Waals surface area (Å²) in [6, 6.07) is 13.8. The van der Waals surface area contributed by atoms with Gasteiger partial charge in [0.15, 0.2) is 5.76 Å². The van der Waals surface area contributed by atoms with Crippen LogP contribution in [0.15, 0.2) is 59.2 Å². The lowest BCUT2D eigenvalue weighted by molar-refractivity contribution is 0.0962. The van der Waals surface area contributed by atoms with Gasteiger partial charge in [-0.25, -0.2) is 0 Å². The first-order chi connectivity index (χ1) is 14.1. The van der Waals surface area contributed by atoms with Crippen molar-refractivity contribution in [2.24, 2.45) is 0 Å². The quantitative estimate of drug-likeness (QED) is 0.715. The lowest BCUT2D eigenvalue weighted by Gasteiger charge is -2.16. The summed E-state index contributed by atoms with van der Waals surface area (Å²) in [5.41, 5.74) is 2.90. The zero-order valence-electron chi connectivity index (χ0n) is 16.1. The lowest BCUT2D eigenvalue weighted by Crippen LogP contribution is -2.28. The van der Waals surface area contributed by atoms with E-state index in [1.807, 2.05) is 12.1 Å². The van der Waals surface area contributed by atoms with Crippen LogP contribution in [0.3, 0.4) is 0 Å². The average molecular weight is 392 g/mol. The fourth-order valence-corrected chi connectivity index (χ4v) is 3.37. The molecule has 0 fully saturated rings. The third kappa shape index (κ3) is 3.67. The van der Waals surface area contributed by atoms with Crippen molar-refractivity contribution in [3.05, 3.63) is 71.7 Å². The first-order valence-electron chi connectivity index (χ1n) is 9.12. The van der Waals surface area contributed by atoms with Crippen molar-refractivity contribution in [2.45, 2.75) is 6.42 Å². The zero-order valence-corrected chi connectivity index (χ0v) is 16.1. The van der Waals surface area contributed by atoms with E-state index in [0.717, 1.165) is 11.3 Å². The Morgan fingerprint density at radius 2 is 1.79 bits per heavy atom. The molecule has 3 aromatic rings. The van der Waals surface area contributed by atoms with Gasteiger partial charge in [0.2, 0.25) is 0 Å². The van der Waals surface area contributed by atoms with Crippen LogP contribution in [0, 0.1) is 0 Å². The Bertz CT molecular complexity index is 1040. The second kappa shape index (κ2) is 7.71. The predicted octanol–water partition coefficient (Wildman–Crippen LogP) is 3.75. The number of furan rings is 1. The van der Waals surface area contributed by atoms with E-state index in [2.05, 4.69) is 5.32 Å². The second-order valence-corrected chi connectivity index (χ2v) is 6.58. The molecule has 1 aliphatic rings. The van der Waals surface area contributed by atoms with E-state index >= 15 is 0 Å². The van der Waals surface area contributed by atoms with Gasteiger partial charge in [0, 0.05) is 29.5 Å². The summed E-state index contributed by atoms with van der Waals surface area (Å²) in [6.07, 6.45) is 2.19. The number of hydrogen-bond acceptors (Lipinski definition) is 5. The average Bonchev–Trinajstić information content (AvgIpc) is 3.42. The first-order valence-corrected chi connectivity index (χ1v) is 9.12. The minimum absolute atomic E-state index is 0.172. The molecule has 4 rings (SSSR count). The number of rotatable bonds is 5. The Balaban J connectivity index is 1.53. The molecule has 2 aromatic carbocycles. The Labute approximate surface area is 167 Å². The summed E-state index contributed by atoms with van der Waals surface area (Å²) in [5.74, 6) is 0.936. The highest BCUT2D eigenvalue weighted by Gasteiger charge is 2.27. The van der Waals surface area contributed by atoms with Gasteiger partial charge in [-0.3, -0.25) is 9.59 Å². The molecule has 7 nitrogen and oxygen atoms in total. The van der Waals surface area contributed by atoms with E-state index in [1.54, 1.807) is 41.3 Å². The summed E-state index contributed by atoms with van der Waals surface area (Å²) < 4.78 is 15.7. The van der Waals surface area contributed by atoms with E-state index < -0.39 is 0 Å². The number of nitrogens with zero attached hydrogens (tertiary/aromatic N) is 1. The minimum Gasteiger partial charge on any atom is -0.497 e. The van der Waals surface area contributed by atoms with Crippen LogP contribution in [0.1, 0.15) is 26.5 Å². The molecule has 2 heterocycles. The minimum atomic E-state index is -0.274. The van der Waals surface area contributed by atoms with Crippen molar-refractivity contribution in [1.82, 2.24) is 0 Å². The molecule has 0 spiro atoms. The van der Waals surface area contributed by atoms with Crippen LogP contribution in [0.5, 0.6) is 11.5 Å². The SMILES string of the molecule is COc1cc(OC)cc(C(=O)Nc2ccc3c(c2)CCN3C(=O)c2ccco2)c1. The van der Waals surface area contributed by atoms with E-state index in [0.29, 0.717) is 41.5 Å². The molecule has 7 heteroatoms. The monoisotopic (exact) mass is 392 g/mol. The smallest absolute Gasteiger partial charge is 0.293 e. The van der Waals surface area contributed by atoms with Gasteiger partial charge in [-0.05, 0) is 54.4 Å². The third-order valence-electron chi connectivity index (χ3n) is 4.82. The van der Waals surface area contributed by atoms with Gasteiger partial charge in [0.1, 0.15) is 11.5 Å². The van der Waals surface area contributed by atoms with E-state index in [1.165, 1.54) is 20.5 Å². The number of hydrogen-bond donors (Lipinski definition) is 1. The molecular weight excluding hydrogens is 372 g/mol. The molecule has 0 unspecified atom stereocenters. The fraction of sp³-hybridized carbons (Fsp3) is 0.182. The number of benzene rings is 2. The van der Waals surface area contributed by atoms with Crippen molar-refractivity contribution >= 4 is 23.2 Å². The van der Waals surface area contributed by atoms with E-state index in [9.17, 15) is 9.59 Å². The van der Waals surface area contributed by atoms with Crippen LogP contribution < -0.4 is 19.7 Å². The molecule has 0 atom stereocenters. The van der Waals surface area contributed by atoms with Gasteiger partial charge in [0.05, 0.1) is 20.5 Å². The van der Waals surface area contributed by atoms with Crippen LogP contribution in [0.4, 0.5) is 11.4 Å². The van der Waals surface area contributed by atoms with E-state index in [4.69, 9.17) is 13.9 Å². The van der Waals surface area contributed by atoms with Gasteiger partial charge in [-0.1, -0.05) is 0 Å². The molecule has 0 saturated carbocycles. The largest absolute Gasteiger partial charge is 0.497 e. The van der Waals surface area contributed by atoms with Crippen molar-refractivity contribution in [3.63, 3.8) is 0 Å². The molecular formula is C22H20N2O5. The van der Waals surface area contributed by atoms with Gasteiger partial charge >= 0.3 is 0 Å². The Morgan fingerprint density at radius 1 is 1.03 bits per heavy atom. The number of ether oxygens (including phenoxy) is 2. The maximum absolute atomic E-state index is 12.7. The van der Waals surface area contributed by atoms with E-state index in [-0.39, 0.29) is 11.8 Å². The highest BCUT2D eigenvalue weighted by molar-refractivity contribution is 6.07. The summed E-state index contributed by atoms with van der Waals surface area (Å²) in [5, 5.41) is 2.89. The summed E-state index contributed by atoms with van der Waals surface area (Å²) in [4.78, 5) is 26.9. The zero-order chi connectivity index (χ0) is 20.4. The lowest BCUT2D eigenvalue weighted by atomic mass is 10.1. The highest BCUT2D eigenvalue weighted by atomic mass is 16.5. The molecule has 2 amide bonds. The standard InChI is InChI=1S/C22H20N2O5/c1-27-17-11-15(12-18(13-17)28-2)21(25)23-16-5-6-19-14(10-16)7-8-24(19)22(26)20-4-3-9-29-20/h3-6,9-13H,7-8H2,1-2H3,(H,23,25). The predicted molar refractivity (Wildman–Crippen MR) is 108 cm³/mol. The Hall–Kier alpha value is -3.74. The van der Waals surface area contributed by atoms with Crippen molar-refractivity contribution in [1.29, 1.82) is 0 Å². The van der Waals surface area contributed by atoms with Crippen LogP contribution in [-0.2, 0) is 6.42 Å². The molecule has 0 aliphatic carbocycles. The van der Waals surface area contributed by atoms with Crippen LogP contribution in [-0.4, -0.2) is 32.6 Å². The molecule has 1 N–H and O–H groups in total. The van der Waals surface area contributed by atoms with Gasteiger partial charge in [-0.15, -0.1) is 0 Å². The van der Waals surface area contributed by atoms with Crippen LogP contribution in [0.25, 0.3) is 0 Å². The van der Waals surface area contributed by atoms with Crippen molar-refractivity contribution in [3.8, 4) is 11.5 Å². The normalized spacial score (nSPS) is 12.4. The molecule has 0 bridgehead atoms. The Kier molecular flexibility index (Phi) is 4.95. The van der Waals surface area contributed by atoms with Gasteiger partial charge in [-0.2, -0.15) is 0 Å². The summed E-state index contributed by atoms with van der Waals surface area (Å²) in [7, 11) is 3.07. The number of methoxy groups -OCH3 is 2. The number of nitrogens with one attached hydrogen (secondary N) is 1. The van der Waals surface area contributed by atoms with Crippen molar-refractivity contribution in [2.75, 3.05) is 31.0 Å². The van der Waals surface area contributed by atoms with Crippen LogP contribution in [0.2, 0.25) is 0 Å². The highest BCUT2D eigenvalue weighted by Crippen LogP contribution is 2.32. The molecule has 1 aromatic heterocycles. The summed E-state index contributed by atoms with van der Waals surface area (Å²) >= 11 is 0. The second-order valence-electron chi connectivity index (χ2n) is 6.58. The van der Waals surface area contributed by atoms with Gasteiger partial charge in [0.25, 0.3) is 11.8 Å². The maximum Gasteiger partial charge on any atom is 0.293 e. The fourth-order valence-electron chi connectivity index (χ4n) is 3.37. The number of carbonyl (C=O) groups is 2. The summed E-state index contributed by atoms with van der Waals surface area (Å²) in [6.45, 7) is 0.569. The first kappa shape index (κ1) is 18.6. The number of fused-ring (bicyclic) bond motifs is 1. The topological polar surface area (TPSA) is 81.0 Å². The van der Waals surface area contributed by atoms with Crippen LogP contribution >= 0.6 is 0 Å². The Morgan fingerprint density at radius 3 is 2.45 bits per heavy atom. The number of amides is 2. The number of carbonyl (C=O) groups excluding carboxylic acids is 2. The van der Waals surface area contributed by atoms with Crippen molar-refractivity contribution < 1.29 is 23.5 Å². The maximum atomic E-state index is 12.7. The molecule has 0 saturated heterocycles. The number of anilines is 2. The van der Waals surface area contributed by atoms with Gasteiger partial charge < -0.3 is 24.1 Å². The molecule has 0 radical (unpaired) electrons. The third-order valence-corrected chi connectivity index (χ3v) is 4.82. The molecule has 1 aliphatic heterocycles.